The lowest BCUT2D eigenvalue weighted by Gasteiger charge is -2.22. The van der Waals surface area contributed by atoms with Gasteiger partial charge in [-0.25, -0.2) is 0 Å². The summed E-state index contributed by atoms with van der Waals surface area (Å²) in [5.41, 5.74) is 8.65. The number of hydrogen-bond acceptors (Lipinski definition) is 1. The summed E-state index contributed by atoms with van der Waals surface area (Å²) in [5.74, 6) is 0. The van der Waals surface area contributed by atoms with E-state index >= 15 is 0 Å². The normalized spacial score (nSPS) is 13.9. The number of rotatable bonds is 3. The smallest absolute Gasteiger partial charge is 0.0453 e. The number of hydrogen-bond donors (Lipinski definition) is 1. The second-order valence-corrected chi connectivity index (χ2v) is 5.79. The van der Waals surface area contributed by atoms with Gasteiger partial charge in [-0.1, -0.05) is 57.8 Å². The van der Waals surface area contributed by atoms with Crippen LogP contribution in [0, 0.1) is 0 Å². The fourth-order valence-corrected chi connectivity index (χ4v) is 2.02. The van der Waals surface area contributed by atoms with Crippen LogP contribution in [0.2, 0.25) is 5.02 Å². The van der Waals surface area contributed by atoms with E-state index in [4.69, 9.17) is 17.3 Å². The summed E-state index contributed by atoms with van der Waals surface area (Å²) in [6.45, 7) is 8.74. The molecule has 90 valence electrons. The summed E-state index contributed by atoms with van der Waals surface area (Å²) >= 11 is 6.20. The number of nitrogens with two attached hydrogens (primary N) is 1. The van der Waals surface area contributed by atoms with E-state index in [1.54, 1.807) is 0 Å². The third-order valence-corrected chi connectivity index (χ3v) is 3.21. The van der Waals surface area contributed by atoms with E-state index in [0.29, 0.717) is 0 Å². The molecule has 1 rings (SSSR count). The van der Waals surface area contributed by atoms with Gasteiger partial charge in [-0.05, 0) is 29.0 Å². The van der Waals surface area contributed by atoms with Gasteiger partial charge in [0.25, 0.3) is 0 Å². The SMILES string of the molecule is CCCC(N)c1cc(C(C)(C)C)ccc1Cl. The molecule has 1 unspecified atom stereocenters. The zero-order chi connectivity index (χ0) is 12.3. The van der Waals surface area contributed by atoms with Crippen molar-refractivity contribution in [3.63, 3.8) is 0 Å². The van der Waals surface area contributed by atoms with Crippen LogP contribution in [0.15, 0.2) is 18.2 Å². The van der Waals surface area contributed by atoms with Crippen molar-refractivity contribution in [1.82, 2.24) is 0 Å². The Balaban J connectivity index is 3.09. The molecule has 1 aromatic rings. The molecule has 16 heavy (non-hydrogen) atoms. The summed E-state index contributed by atoms with van der Waals surface area (Å²) in [6.07, 6.45) is 2.06. The lowest BCUT2D eigenvalue weighted by atomic mass is 9.85. The van der Waals surface area contributed by atoms with E-state index in [9.17, 15) is 0 Å². The summed E-state index contributed by atoms with van der Waals surface area (Å²) in [7, 11) is 0. The van der Waals surface area contributed by atoms with Gasteiger partial charge in [0.2, 0.25) is 0 Å². The van der Waals surface area contributed by atoms with Crippen molar-refractivity contribution in [2.24, 2.45) is 5.73 Å². The highest BCUT2D eigenvalue weighted by Gasteiger charge is 2.17. The van der Waals surface area contributed by atoms with Gasteiger partial charge in [-0.2, -0.15) is 0 Å². The van der Waals surface area contributed by atoms with Crippen molar-refractivity contribution >= 4 is 11.6 Å². The highest BCUT2D eigenvalue weighted by Crippen LogP contribution is 2.30. The molecule has 0 aromatic heterocycles. The van der Waals surface area contributed by atoms with Gasteiger partial charge < -0.3 is 5.73 Å². The molecule has 2 heteroatoms. The van der Waals surface area contributed by atoms with E-state index in [-0.39, 0.29) is 11.5 Å². The Bertz CT molecular complexity index is 352. The summed E-state index contributed by atoms with van der Waals surface area (Å²) in [4.78, 5) is 0. The minimum absolute atomic E-state index is 0.0554. The van der Waals surface area contributed by atoms with Crippen LogP contribution in [0.3, 0.4) is 0 Å². The van der Waals surface area contributed by atoms with Gasteiger partial charge in [-0.3, -0.25) is 0 Å². The van der Waals surface area contributed by atoms with E-state index < -0.39 is 0 Å². The van der Waals surface area contributed by atoms with Crippen LogP contribution >= 0.6 is 11.6 Å². The molecule has 0 aliphatic rings. The highest BCUT2D eigenvalue weighted by atomic mass is 35.5. The molecule has 0 aliphatic carbocycles. The van der Waals surface area contributed by atoms with E-state index in [0.717, 1.165) is 23.4 Å². The summed E-state index contributed by atoms with van der Waals surface area (Å²) in [6, 6.07) is 6.26. The fourth-order valence-electron chi connectivity index (χ4n) is 1.76. The molecule has 0 aliphatic heterocycles. The zero-order valence-electron chi connectivity index (χ0n) is 10.7. The molecule has 0 heterocycles. The zero-order valence-corrected chi connectivity index (χ0v) is 11.4. The largest absolute Gasteiger partial charge is 0.324 e. The monoisotopic (exact) mass is 239 g/mol. The first-order valence-electron chi connectivity index (χ1n) is 5.91. The van der Waals surface area contributed by atoms with Crippen molar-refractivity contribution in [3.8, 4) is 0 Å². The van der Waals surface area contributed by atoms with E-state index in [1.165, 1.54) is 5.56 Å². The molecule has 0 saturated heterocycles. The van der Waals surface area contributed by atoms with Crippen molar-refractivity contribution in [3.05, 3.63) is 34.3 Å². The van der Waals surface area contributed by atoms with Crippen LogP contribution < -0.4 is 5.73 Å². The topological polar surface area (TPSA) is 26.0 Å². The van der Waals surface area contributed by atoms with Crippen molar-refractivity contribution in [2.45, 2.75) is 52.0 Å². The van der Waals surface area contributed by atoms with Crippen LogP contribution in [-0.2, 0) is 5.41 Å². The molecular weight excluding hydrogens is 218 g/mol. The lowest BCUT2D eigenvalue weighted by Crippen LogP contribution is -2.15. The third-order valence-electron chi connectivity index (χ3n) is 2.86. The predicted octanol–water partition coefficient (Wildman–Crippen LogP) is 4.44. The van der Waals surface area contributed by atoms with Crippen molar-refractivity contribution < 1.29 is 0 Å². The Morgan fingerprint density at radius 3 is 2.44 bits per heavy atom. The van der Waals surface area contributed by atoms with E-state index in [2.05, 4.69) is 39.8 Å². The molecule has 0 saturated carbocycles. The highest BCUT2D eigenvalue weighted by molar-refractivity contribution is 6.31. The van der Waals surface area contributed by atoms with Crippen LogP contribution in [0.5, 0.6) is 0 Å². The molecule has 0 radical (unpaired) electrons. The average molecular weight is 240 g/mol. The quantitative estimate of drug-likeness (QED) is 0.829. The van der Waals surface area contributed by atoms with Gasteiger partial charge in [0.1, 0.15) is 0 Å². The Morgan fingerprint density at radius 2 is 1.94 bits per heavy atom. The first-order chi connectivity index (χ1) is 7.36. The Hall–Kier alpha value is -0.530. The van der Waals surface area contributed by atoms with Crippen LogP contribution in [0.4, 0.5) is 0 Å². The average Bonchev–Trinajstić information content (AvgIpc) is 2.16. The lowest BCUT2D eigenvalue weighted by molar-refractivity contribution is 0.584. The molecule has 2 N–H and O–H groups in total. The van der Waals surface area contributed by atoms with Crippen LogP contribution in [0.1, 0.15) is 57.7 Å². The maximum Gasteiger partial charge on any atom is 0.0453 e. The molecule has 0 spiro atoms. The minimum Gasteiger partial charge on any atom is -0.324 e. The van der Waals surface area contributed by atoms with Crippen LogP contribution in [0.25, 0.3) is 0 Å². The fraction of sp³-hybridized carbons (Fsp3) is 0.571. The summed E-state index contributed by atoms with van der Waals surface area (Å²) < 4.78 is 0. The third kappa shape index (κ3) is 3.23. The maximum atomic E-state index is 6.20. The summed E-state index contributed by atoms with van der Waals surface area (Å²) in [5, 5.41) is 0.786. The van der Waals surface area contributed by atoms with Gasteiger partial charge in [0, 0.05) is 11.1 Å². The predicted molar refractivity (Wildman–Crippen MR) is 72.0 cm³/mol. The molecule has 1 aromatic carbocycles. The number of halogens is 1. The number of benzene rings is 1. The molecule has 1 atom stereocenters. The molecular formula is C14H22ClN. The standard InChI is InChI=1S/C14H22ClN/c1-5-6-13(16)11-9-10(14(2,3)4)7-8-12(11)15/h7-9,13H,5-6,16H2,1-4H3. The Kier molecular flexibility index (Phi) is 4.40. The van der Waals surface area contributed by atoms with Crippen molar-refractivity contribution in [1.29, 1.82) is 0 Å². The molecule has 0 amide bonds. The van der Waals surface area contributed by atoms with E-state index in [1.807, 2.05) is 6.07 Å². The first-order valence-corrected chi connectivity index (χ1v) is 6.29. The second kappa shape index (κ2) is 5.20. The van der Waals surface area contributed by atoms with Gasteiger partial charge >= 0.3 is 0 Å². The Morgan fingerprint density at radius 1 is 1.31 bits per heavy atom. The van der Waals surface area contributed by atoms with Gasteiger partial charge in [0.15, 0.2) is 0 Å². The first kappa shape index (κ1) is 13.5. The van der Waals surface area contributed by atoms with Gasteiger partial charge in [-0.15, -0.1) is 0 Å². The molecule has 0 fully saturated rings. The van der Waals surface area contributed by atoms with Crippen LogP contribution in [-0.4, -0.2) is 0 Å². The minimum atomic E-state index is 0.0554. The Labute approximate surface area is 104 Å². The van der Waals surface area contributed by atoms with Crippen molar-refractivity contribution in [2.75, 3.05) is 0 Å². The maximum absolute atomic E-state index is 6.20. The molecule has 0 bridgehead atoms. The molecule has 1 nitrogen and oxygen atoms in total. The second-order valence-electron chi connectivity index (χ2n) is 5.38. The van der Waals surface area contributed by atoms with Gasteiger partial charge in [0.05, 0.1) is 0 Å².